The Morgan fingerprint density at radius 3 is 2.55 bits per heavy atom. The lowest BCUT2D eigenvalue weighted by atomic mass is 10.1. The van der Waals surface area contributed by atoms with Crippen LogP contribution in [0.1, 0.15) is 36.3 Å². The predicted octanol–water partition coefficient (Wildman–Crippen LogP) is 3.55. The molecule has 0 saturated carbocycles. The van der Waals surface area contributed by atoms with Gasteiger partial charge in [-0.3, -0.25) is 14.2 Å². The van der Waals surface area contributed by atoms with E-state index in [2.05, 4.69) is 0 Å². The number of amides is 1. The van der Waals surface area contributed by atoms with E-state index in [1.807, 2.05) is 6.92 Å². The largest absolute Gasteiger partial charge is 0.418 e. The van der Waals surface area contributed by atoms with Gasteiger partial charge in [0.15, 0.2) is 0 Å². The van der Waals surface area contributed by atoms with Gasteiger partial charge in [0, 0.05) is 24.9 Å². The number of carbonyl (C=O) groups excluding carboxylic acids is 1. The van der Waals surface area contributed by atoms with Crippen LogP contribution in [0.2, 0.25) is 0 Å². The van der Waals surface area contributed by atoms with Crippen molar-refractivity contribution in [1.29, 1.82) is 0 Å². The highest BCUT2D eigenvalue weighted by Crippen LogP contribution is 2.35. The SMILES string of the molecule is CCCn1c(=O)n(-c2ccccc2C(F)(F)F)c(=O)c2c3c(sc21)CN(C(C)=O)CC3. The monoisotopic (exact) mass is 451 g/mol. The molecule has 0 fully saturated rings. The Bertz CT molecular complexity index is 1300. The zero-order chi connectivity index (χ0) is 22.5. The van der Waals surface area contributed by atoms with Gasteiger partial charge < -0.3 is 4.90 Å². The van der Waals surface area contributed by atoms with Crippen LogP contribution in [-0.2, 0) is 30.5 Å². The lowest BCUT2D eigenvalue weighted by Crippen LogP contribution is -2.40. The van der Waals surface area contributed by atoms with Crippen LogP contribution in [0.5, 0.6) is 0 Å². The molecule has 0 atom stereocenters. The summed E-state index contributed by atoms with van der Waals surface area (Å²) >= 11 is 1.26. The van der Waals surface area contributed by atoms with Crippen LogP contribution in [0.25, 0.3) is 15.9 Å². The van der Waals surface area contributed by atoms with Gasteiger partial charge in [0.25, 0.3) is 5.56 Å². The number of rotatable bonds is 3. The van der Waals surface area contributed by atoms with E-state index < -0.39 is 28.7 Å². The molecule has 0 saturated heterocycles. The zero-order valence-corrected chi connectivity index (χ0v) is 17.8. The molecule has 4 rings (SSSR count). The van der Waals surface area contributed by atoms with E-state index in [0.717, 1.165) is 17.0 Å². The van der Waals surface area contributed by atoms with Gasteiger partial charge in [-0.1, -0.05) is 19.1 Å². The number of carbonyl (C=O) groups is 1. The van der Waals surface area contributed by atoms with Crippen LogP contribution in [0.15, 0.2) is 33.9 Å². The van der Waals surface area contributed by atoms with Gasteiger partial charge >= 0.3 is 11.9 Å². The van der Waals surface area contributed by atoms with E-state index in [-0.39, 0.29) is 17.8 Å². The third-order valence-corrected chi connectivity index (χ3v) is 6.71. The molecule has 2 aromatic heterocycles. The number of alkyl halides is 3. The van der Waals surface area contributed by atoms with Gasteiger partial charge in [0.2, 0.25) is 5.91 Å². The van der Waals surface area contributed by atoms with Gasteiger partial charge in [0.1, 0.15) is 4.83 Å². The number of hydrogen-bond acceptors (Lipinski definition) is 4. The predicted molar refractivity (Wildman–Crippen MR) is 112 cm³/mol. The van der Waals surface area contributed by atoms with Crippen molar-refractivity contribution in [2.75, 3.05) is 6.54 Å². The Morgan fingerprint density at radius 1 is 1.19 bits per heavy atom. The lowest BCUT2D eigenvalue weighted by Gasteiger charge is -2.25. The topological polar surface area (TPSA) is 64.3 Å². The van der Waals surface area contributed by atoms with E-state index in [9.17, 15) is 27.6 Å². The first kappa shape index (κ1) is 21.4. The summed E-state index contributed by atoms with van der Waals surface area (Å²) in [6.07, 6.45) is -3.74. The highest BCUT2D eigenvalue weighted by molar-refractivity contribution is 7.18. The first-order valence-electron chi connectivity index (χ1n) is 9.87. The number of nitrogens with zero attached hydrogens (tertiary/aromatic N) is 3. The van der Waals surface area contributed by atoms with E-state index in [4.69, 9.17) is 0 Å². The zero-order valence-electron chi connectivity index (χ0n) is 17.0. The van der Waals surface area contributed by atoms with Crippen LogP contribution >= 0.6 is 11.3 Å². The van der Waals surface area contributed by atoms with Crippen molar-refractivity contribution in [1.82, 2.24) is 14.0 Å². The summed E-state index contributed by atoms with van der Waals surface area (Å²) in [4.78, 5) is 41.4. The fourth-order valence-corrected chi connectivity index (χ4v) is 5.39. The van der Waals surface area contributed by atoms with Crippen molar-refractivity contribution in [2.24, 2.45) is 0 Å². The summed E-state index contributed by atoms with van der Waals surface area (Å²) < 4.78 is 42.9. The molecule has 0 unspecified atom stereocenters. The summed E-state index contributed by atoms with van der Waals surface area (Å²) in [5.74, 6) is -0.0921. The van der Waals surface area contributed by atoms with Crippen LogP contribution in [0.4, 0.5) is 13.2 Å². The Hall–Kier alpha value is -2.88. The van der Waals surface area contributed by atoms with Crippen LogP contribution in [-0.4, -0.2) is 26.5 Å². The number of aromatic nitrogens is 2. The summed E-state index contributed by atoms with van der Waals surface area (Å²) in [5, 5.41) is 0.272. The molecular formula is C21H20F3N3O3S. The highest BCUT2D eigenvalue weighted by Gasteiger charge is 2.35. The summed E-state index contributed by atoms with van der Waals surface area (Å²) in [7, 11) is 0. The average molecular weight is 451 g/mol. The Labute approximate surface area is 179 Å². The molecule has 1 amide bonds. The second-order valence-electron chi connectivity index (χ2n) is 7.46. The molecule has 3 heterocycles. The molecule has 0 spiro atoms. The van der Waals surface area contributed by atoms with Gasteiger partial charge in [0.05, 0.1) is 23.2 Å². The summed E-state index contributed by atoms with van der Waals surface area (Å²) in [6, 6.07) is 4.61. The van der Waals surface area contributed by atoms with E-state index in [0.29, 0.717) is 40.9 Å². The van der Waals surface area contributed by atoms with Crippen molar-refractivity contribution in [2.45, 2.75) is 46.0 Å². The van der Waals surface area contributed by atoms with E-state index in [1.54, 1.807) is 4.90 Å². The molecule has 0 radical (unpaired) electrons. The van der Waals surface area contributed by atoms with Crippen molar-refractivity contribution < 1.29 is 18.0 Å². The van der Waals surface area contributed by atoms with Crippen LogP contribution < -0.4 is 11.2 Å². The van der Waals surface area contributed by atoms with Crippen molar-refractivity contribution in [3.8, 4) is 5.69 Å². The first-order chi connectivity index (χ1) is 14.6. The van der Waals surface area contributed by atoms with Gasteiger partial charge in [-0.2, -0.15) is 13.2 Å². The Kier molecular flexibility index (Phi) is 5.28. The van der Waals surface area contributed by atoms with Crippen molar-refractivity contribution in [3.05, 3.63) is 61.1 Å². The lowest BCUT2D eigenvalue weighted by molar-refractivity contribution is -0.137. The second kappa shape index (κ2) is 7.67. The van der Waals surface area contributed by atoms with Crippen LogP contribution in [0.3, 0.4) is 0 Å². The minimum absolute atomic E-state index is 0.0921. The fourth-order valence-electron chi connectivity index (χ4n) is 4.02. The maximum Gasteiger partial charge on any atom is 0.418 e. The fraction of sp³-hybridized carbons (Fsp3) is 0.381. The average Bonchev–Trinajstić information content (AvgIpc) is 3.09. The number of thiophene rings is 1. The molecule has 0 N–H and O–H groups in total. The molecule has 1 aromatic carbocycles. The molecule has 0 aliphatic carbocycles. The number of hydrogen-bond donors (Lipinski definition) is 0. The summed E-state index contributed by atoms with van der Waals surface area (Å²) in [5.41, 5.74) is -2.34. The van der Waals surface area contributed by atoms with Gasteiger partial charge in [-0.25, -0.2) is 9.36 Å². The quantitative estimate of drug-likeness (QED) is 0.612. The Balaban J connectivity index is 2.08. The molecule has 31 heavy (non-hydrogen) atoms. The second-order valence-corrected chi connectivity index (χ2v) is 8.55. The summed E-state index contributed by atoms with van der Waals surface area (Å²) in [6.45, 7) is 4.32. The maximum absolute atomic E-state index is 13.6. The van der Waals surface area contributed by atoms with E-state index in [1.165, 1.54) is 35.0 Å². The highest BCUT2D eigenvalue weighted by atomic mass is 32.1. The third kappa shape index (κ3) is 3.48. The molecular weight excluding hydrogens is 431 g/mol. The van der Waals surface area contributed by atoms with Crippen LogP contribution in [0, 0.1) is 0 Å². The molecule has 164 valence electrons. The number of aryl methyl sites for hydroxylation is 1. The number of para-hydroxylation sites is 1. The smallest absolute Gasteiger partial charge is 0.337 e. The number of benzene rings is 1. The molecule has 6 nitrogen and oxygen atoms in total. The standard InChI is InChI=1S/C21H20F3N3O3S/c1-3-9-26-19-17(13-8-10-25(12(2)28)11-16(13)31-19)18(29)27(20(26)30)15-7-5-4-6-14(15)21(22,23)24/h4-7H,3,8-11H2,1-2H3. The van der Waals surface area contributed by atoms with Crippen molar-refractivity contribution in [3.63, 3.8) is 0 Å². The Morgan fingerprint density at radius 2 is 1.90 bits per heavy atom. The molecule has 1 aliphatic rings. The van der Waals surface area contributed by atoms with E-state index >= 15 is 0 Å². The van der Waals surface area contributed by atoms with Crippen molar-refractivity contribution >= 4 is 27.5 Å². The molecule has 3 aromatic rings. The number of fused-ring (bicyclic) bond motifs is 3. The molecule has 1 aliphatic heterocycles. The molecule has 0 bridgehead atoms. The first-order valence-corrected chi connectivity index (χ1v) is 10.7. The minimum Gasteiger partial charge on any atom is -0.337 e. The maximum atomic E-state index is 13.6. The molecule has 10 heteroatoms. The third-order valence-electron chi connectivity index (χ3n) is 5.47. The normalized spacial score (nSPS) is 14.2. The number of halogens is 3. The van der Waals surface area contributed by atoms with Gasteiger partial charge in [-0.05, 0) is 30.5 Å². The minimum atomic E-state index is -4.72. The van der Waals surface area contributed by atoms with Gasteiger partial charge in [-0.15, -0.1) is 11.3 Å².